The third-order valence-electron chi connectivity index (χ3n) is 7.76. The molecule has 1 amide bonds. The molecule has 5 rings (SSSR count). The Balaban J connectivity index is 1.61. The minimum absolute atomic E-state index is 0.0461. The van der Waals surface area contributed by atoms with Gasteiger partial charge in [0.05, 0.1) is 29.8 Å². The standard InChI is InChI=1S/C33H36Cl2N6O4/c1-20-8-6-9-22(16-20)37-33-36-19-21-17-24(28-29(34)25(44-4)18-26(45-5)30(28)35)32(43)41(31(21)38-33)23-11-14-40(15-12-23)27(42)10-7-13-39(2)3/h6-10,16-19,23H,11-15H2,1-5H3,(H,36,37,38)/b10-7+. The van der Waals surface area contributed by atoms with Gasteiger partial charge in [0.2, 0.25) is 11.9 Å². The van der Waals surface area contributed by atoms with Crippen molar-refractivity contribution in [2.24, 2.45) is 0 Å². The minimum atomic E-state index is -0.322. The third kappa shape index (κ3) is 6.93. The number of methoxy groups -OCH3 is 2. The molecule has 3 heterocycles. The van der Waals surface area contributed by atoms with Gasteiger partial charge in [0.15, 0.2) is 0 Å². The normalized spacial score (nSPS) is 14.0. The number of benzene rings is 2. The number of piperidine rings is 1. The number of hydrogen-bond acceptors (Lipinski definition) is 8. The second kappa shape index (κ2) is 13.9. The fraction of sp³-hybridized carbons (Fsp3) is 0.333. The number of carbonyl (C=O) groups is 1. The van der Waals surface area contributed by atoms with Crippen LogP contribution < -0.4 is 20.3 Å². The summed E-state index contributed by atoms with van der Waals surface area (Å²) in [4.78, 5) is 40.5. The Morgan fingerprint density at radius 3 is 2.40 bits per heavy atom. The number of aryl methyl sites for hydroxylation is 1. The summed E-state index contributed by atoms with van der Waals surface area (Å²) in [5.41, 5.74) is 2.63. The molecule has 0 radical (unpaired) electrons. The van der Waals surface area contributed by atoms with Crippen molar-refractivity contribution in [1.82, 2.24) is 24.3 Å². The zero-order valence-corrected chi connectivity index (χ0v) is 27.4. The molecule has 0 aliphatic carbocycles. The number of likely N-dealkylation sites (tertiary alicyclic amines) is 1. The largest absolute Gasteiger partial charge is 0.495 e. The van der Waals surface area contributed by atoms with Crippen molar-refractivity contribution in [1.29, 1.82) is 0 Å². The highest BCUT2D eigenvalue weighted by atomic mass is 35.5. The van der Waals surface area contributed by atoms with Gasteiger partial charge < -0.3 is 24.6 Å². The van der Waals surface area contributed by atoms with E-state index in [1.807, 2.05) is 56.3 Å². The summed E-state index contributed by atoms with van der Waals surface area (Å²) in [5, 5.41) is 4.26. The lowest BCUT2D eigenvalue weighted by Crippen LogP contribution is -2.40. The van der Waals surface area contributed by atoms with Crippen molar-refractivity contribution in [2.75, 3.05) is 53.3 Å². The van der Waals surface area contributed by atoms with Crippen LogP contribution in [-0.4, -0.2) is 78.2 Å². The van der Waals surface area contributed by atoms with Gasteiger partial charge in [-0.05, 0) is 57.6 Å². The molecule has 12 heteroatoms. The molecule has 0 atom stereocenters. The van der Waals surface area contributed by atoms with Crippen molar-refractivity contribution in [3.05, 3.63) is 80.7 Å². The number of rotatable bonds is 9. The molecule has 1 fully saturated rings. The summed E-state index contributed by atoms with van der Waals surface area (Å²) < 4.78 is 12.6. The van der Waals surface area contributed by atoms with Gasteiger partial charge in [0.1, 0.15) is 17.1 Å². The van der Waals surface area contributed by atoms with Crippen LogP contribution in [0.15, 0.2) is 59.5 Å². The highest BCUT2D eigenvalue weighted by Crippen LogP contribution is 2.45. The smallest absolute Gasteiger partial charge is 0.260 e. The highest BCUT2D eigenvalue weighted by Gasteiger charge is 2.28. The van der Waals surface area contributed by atoms with Gasteiger partial charge in [-0.2, -0.15) is 4.98 Å². The fourth-order valence-electron chi connectivity index (χ4n) is 5.49. The molecule has 0 spiro atoms. The monoisotopic (exact) mass is 650 g/mol. The molecule has 2 aromatic heterocycles. The van der Waals surface area contributed by atoms with Gasteiger partial charge in [-0.15, -0.1) is 0 Å². The fourth-order valence-corrected chi connectivity index (χ4v) is 6.19. The molecule has 0 saturated carbocycles. The zero-order valence-electron chi connectivity index (χ0n) is 25.9. The minimum Gasteiger partial charge on any atom is -0.495 e. The molecule has 236 valence electrons. The van der Waals surface area contributed by atoms with Crippen molar-refractivity contribution in [3.63, 3.8) is 0 Å². The molecule has 1 saturated heterocycles. The van der Waals surface area contributed by atoms with E-state index in [1.165, 1.54) is 14.2 Å². The van der Waals surface area contributed by atoms with Crippen LogP contribution in [0.25, 0.3) is 22.2 Å². The summed E-state index contributed by atoms with van der Waals surface area (Å²) >= 11 is 13.5. The summed E-state index contributed by atoms with van der Waals surface area (Å²) in [6.45, 7) is 3.66. The maximum Gasteiger partial charge on any atom is 0.260 e. The Kier molecular flexibility index (Phi) is 9.96. The lowest BCUT2D eigenvalue weighted by Gasteiger charge is -2.33. The van der Waals surface area contributed by atoms with Crippen LogP contribution in [0.5, 0.6) is 11.5 Å². The molecule has 10 nitrogen and oxygen atoms in total. The summed E-state index contributed by atoms with van der Waals surface area (Å²) in [6, 6.07) is 10.9. The number of anilines is 2. The number of nitrogens with zero attached hydrogens (tertiary/aromatic N) is 5. The Hall–Kier alpha value is -4.12. The van der Waals surface area contributed by atoms with Gasteiger partial charge in [-0.3, -0.25) is 14.2 Å². The maximum atomic E-state index is 14.5. The number of likely N-dealkylation sites (N-methyl/N-ethyl adjacent to an activating group) is 1. The summed E-state index contributed by atoms with van der Waals surface area (Å²) in [6.07, 6.45) is 6.25. The first-order chi connectivity index (χ1) is 21.6. The first kappa shape index (κ1) is 32.3. The zero-order chi connectivity index (χ0) is 32.2. The SMILES string of the molecule is COc1cc(OC)c(Cl)c(-c2cc3cnc(Nc4cccc(C)c4)nc3n(C3CCN(C(=O)/C=C/CN(C)C)CC3)c2=O)c1Cl. The van der Waals surface area contributed by atoms with Crippen molar-refractivity contribution in [3.8, 4) is 22.6 Å². The van der Waals surface area contributed by atoms with Crippen molar-refractivity contribution < 1.29 is 14.3 Å². The van der Waals surface area contributed by atoms with Gasteiger partial charge >= 0.3 is 0 Å². The average molecular weight is 652 g/mol. The number of ether oxygens (including phenoxy) is 2. The van der Waals surface area contributed by atoms with E-state index in [-0.39, 0.29) is 33.1 Å². The van der Waals surface area contributed by atoms with Crippen molar-refractivity contribution in [2.45, 2.75) is 25.8 Å². The molecular weight excluding hydrogens is 615 g/mol. The van der Waals surface area contributed by atoms with Crippen LogP contribution >= 0.6 is 23.2 Å². The molecule has 45 heavy (non-hydrogen) atoms. The van der Waals surface area contributed by atoms with E-state index in [4.69, 9.17) is 37.7 Å². The number of nitrogens with one attached hydrogen (secondary N) is 1. The Bertz CT molecular complexity index is 1790. The molecule has 4 aromatic rings. The van der Waals surface area contributed by atoms with E-state index in [1.54, 1.807) is 33.9 Å². The average Bonchev–Trinajstić information content (AvgIpc) is 3.01. The molecule has 1 aliphatic heterocycles. The van der Waals surface area contributed by atoms with Gasteiger partial charge in [-0.1, -0.05) is 41.4 Å². The van der Waals surface area contributed by atoms with Crippen LogP contribution in [0, 0.1) is 6.92 Å². The Labute approximate surface area is 272 Å². The maximum absolute atomic E-state index is 14.5. The van der Waals surface area contributed by atoms with Crippen LogP contribution in [-0.2, 0) is 4.79 Å². The summed E-state index contributed by atoms with van der Waals surface area (Å²) in [7, 11) is 6.87. The summed E-state index contributed by atoms with van der Waals surface area (Å²) in [5.74, 6) is 0.950. The number of hydrogen-bond donors (Lipinski definition) is 1. The molecular formula is C33H36Cl2N6O4. The van der Waals surface area contributed by atoms with E-state index in [0.29, 0.717) is 66.5 Å². The van der Waals surface area contributed by atoms with E-state index in [2.05, 4.69) is 10.3 Å². The van der Waals surface area contributed by atoms with Crippen molar-refractivity contribution >= 4 is 51.8 Å². The molecule has 0 bridgehead atoms. The van der Waals surface area contributed by atoms with Crippen LogP contribution in [0.2, 0.25) is 10.0 Å². The first-order valence-corrected chi connectivity index (χ1v) is 15.3. The number of halogens is 2. The number of aromatic nitrogens is 3. The topological polar surface area (TPSA) is 102 Å². The van der Waals surface area contributed by atoms with Crippen LogP contribution in [0.1, 0.15) is 24.4 Å². The second-order valence-electron chi connectivity index (χ2n) is 11.2. The molecule has 1 N–H and O–H groups in total. The third-order valence-corrected chi connectivity index (χ3v) is 8.51. The number of amides is 1. The molecule has 1 aliphatic rings. The second-order valence-corrected chi connectivity index (χ2v) is 12.0. The van der Waals surface area contributed by atoms with E-state index >= 15 is 0 Å². The Morgan fingerprint density at radius 1 is 1.09 bits per heavy atom. The predicted octanol–water partition coefficient (Wildman–Crippen LogP) is 6.12. The number of pyridine rings is 1. The lowest BCUT2D eigenvalue weighted by molar-refractivity contribution is -0.127. The quantitative estimate of drug-likeness (QED) is 0.216. The highest BCUT2D eigenvalue weighted by molar-refractivity contribution is 6.41. The Morgan fingerprint density at radius 2 is 1.78 bits per heavy atom. The number of fused-ring (bicyclic) bond motifs is 1. The van der Waals surface area contributed by atoms with Gasteiger partial charge in [-0.25, -0.2) is 4.98 Å². The number of carbonyl (C=O) groups excluding carboxylic acids is 1. The predicted molar refractivity (Wildman–Crippen MR) is 179 cm³/mol. The van der Waals surface area contributed by atoms with E-state index in [0.717, 1.165) is 11.3 Å². The van der Waals surface area contributed by atoms with Gasteiger partial charge in [0.25, 0.3) is 5.56 Å². The van der Waals surface area contributed by atoms with Crippen LogP contribution in [0.3, 0.4) is 0 Å². The van der Waals surface area contributed by atoms with E-state index < -0.39 is 0 Å². The van der Waals surface area contributed by atoms with Gasteiger partial charge in [0, 0.05) is 60.7 Å². The molecule has 0 unspecified atom stereocenters. The first-order valence-electron chi connectivity index (χ1n) is 14.6. The van der Waals surface area contributed by atoms with Crippen LogP contribution in [0.4, 0.5) is 11.6 Å². The van der Waals surface area contributed by atoms with E-state index in [9.17, 15) is 9.59 Å². The molecule has 2 aromatic carbocycles. The lowest BCUT2D eigenvalue weighted by atomic mass is 10.0.